The molecule has 96 valence electrons. The van der Waals surface area contributed by atoms with Gasteiger partial charge in [-0.25, -0.2) is 9.59 Å². The lowest BCUT2D eigenvalue weighted by atomic mass is 9.87. The zero-order valence-corrected chi connectivity index (χ0v) is 11.2. The van der Waals surface area contributed by atoms with Gasteiger partial charge >= 0.3 is 11.9 Å². The summed E-state index contributed by atoms with van der Waals surface area (Å²) < 4.78 is 9.38. The first-order valence-electron chi connectivity index (χ1n) is 5.38. The number of carbonyl (C=O) groups excluding carboxylic acids is 3. The minimum absolute atomic E-state index is 0.00514. The van der Waals surface area contributed by atoms with Gasteiger partial charge in [0, 0.05) is 5.66 Å². The summed E-state index contributed by atoms with van der Waals surface area (Å²) in [4.78, 5) is 35.6. The second-order valence-corrected chi connectivity index (χ2v) is 6.29. The topological polar surface area (TPSA) is 69.7 Å². The van der Waals surface area contributed by atoms with Crippen LogP contribution in [0.1, 0.15) is 0 Å². The van der Waals surface area contributed by atoms with Crippen molar-refractivity contribution >= 4 is 25.4 Å². The maximum absolute atomic E-state index is 12.1. The van der Waals surface area contributed by atoms with Crippen molar-refractivity contribution in [2.45, 2.75) is 5.66 Å². The standard InChI is InChI=1S/C12H13O5P/c1-16-10(13)8-6-4-5-7(18(3)12(6)15)9(8)11(14)17-2/h4-7H,1-3H3. The number of methoxy groups -OCH3 is 2. The fraction of sp³-hybridized carbons (Fsp3) is 0.417. The summed E-state index contributed by atoms with van der Waals surface area (Å²) >= 11 is 0. The second kappa shape index (κ2) is 4.65. The Hall–Kier alpha value is -1.48. The third-order valence-corrected chi connectivity index (χ3v) is 5.46. The molecule has 0 aromatic heterocycles. The first-order valence-corrected chi connectivity index (χ1v) is 7.24. The monoisotopic (exact) mass is 268 g/mol. The van der Waals surface area contributed by atoms with Gasteiger partial charge < -0.3 is 9.47 Å². The molecule has 0 spiro atoms. The van der Waals surface area contributed by atoms with Crippen molar-refractivity contribution < 1.29 is 23.9 Å². The molecule has 0 radical (unpaired) electrons. The molecule has 3 rings (SSSR count). The number of rotatable bonds is 2. The number of esters is 2. The van der Waals surface area contributed by atoms with Gasteiger partial charge in [0.1, 0.15) is 0 Å². The third-order valence-electron chi connectivity index (χ3n) is 3.22. The molecule has 2 heterocycles. The molecule has 0 amide bonds. The third kappa shape index (κ3) is 1.70. The molecule has 0 saturated carbocycles. The fourth-order valence-electron chi connectivity index (χ4n) is 2.31. The number of hydrogen-bond donors (Lipinski definition) is 0. The highest BCUT2D eigenvalue weighted by atomic mass is 31.1. The maximum atomic E-state index is 12.1. The molecule has 6 heteroatoms. The van der Waals surface area contributed by atoms with Gasteiger partial charge in [-0.1, -0.05) is 12.2 Å². The summed E-state index contributed by atoms with van der Waals surface area (Å²) in [5.41, 5.74) is 0.0946. The van der Waals surface area contributed by atoms with Gasteiger partial charge in [-0.15, -0.1) is 0 Å². The van der Waals surface area contributed by atoms with Crippen LogP contribution in [0.15, 0.2) is 23.3 Å². The van der Waals surface area contributed by atoms with E-state index in [1.54, 1.807) is 6.08 Å². The van der Waals surface area contributed by atoms with Gasteiger partial charge in [0.2, 0.25) is 0 Å². The Kier molecular flexibility index (Phi) is 3.35. The van der Waals surface area contributed by atoms with Crippen LogP contribution in [0.25, 0.3) is 0 Å². The quantitative estimate of drug-likeness (QED) is 0.421. The van der Waals surface area contributed by atoms with Crippen LogP contribution >= 0.6 is 7.92 Å². The van der Waals surface area contributed by atoms with E-state index in [1.165, 1.54) is 14.2 Å². The zero-order chi connectivity index (χ0) is 13.4. The minimum Gasteiger partial charge on any atom is -0.466 e. The van der Waals surface area contributed by atoms with Crippen LogP contribution in [-0.2, 0) is 23.9 Å². The molecule has 3 unspecified atom stereocenters. The Morgan fingerprint density at radius 2 is 1.67 bits per heavy atom. The lowest BCUT2D eigenvalue weighted by molar-refractivity contribution is -0.140. The predicted octanol–water partition coefficient (Wildman–Crippen LogP) is 0.835. The average Bonchev–Trinajstić information content (AvgIpc) is 2.41. The SMILES string of the molecule is COC(=O)C1=C(C(=O)OC)C2C=CC1C(=O)P2C. The number of hydrogen-bond acceptors (Lipinski definition) is 5. The molecule has 0 saturated heterocycles. The molecule has 5 nitrogen and oxygen atoms in total. The summed E-state index contributed by atoms with van der Waals surface area (Å²) in [7, 11) is 1.50. The molecule has 2 bridgehead atoms. The van der Waals surface area contributed by atoms with E-state index in [-0.39, 0.29) is 22.3 Å². The van der Waals surface area contributed by atoms with Gasteiger partial charge in [-0.3, -0.25) is 4.79 Å². The van der Waals surface area contributed by atoms with Crippen LogP contribution in [0, 0.1) is 5.92 Å². The van der Waals surface area contributed by atoms with Crippen LogP contribution in [-0.4, -0.2) is 44.0 Å². The van der Waals surface area contributed by atoms with Gasteiger partial charge in [0.15, 0.2) is 5.52 Å². The smallest absolute Gasteiger partial charge is 0.335 e. The van der Waals surface area contributed by atoms with Crippen LogP contribution < -0.4 is 0 Å². The van der Waals surface area contributed by atoms with E-state index in [0.717, 1.165) is 0 Å². The Morgan fingerprint density at radius 1 is 1.11 bits per heavy atom. The van der Waals surface area contributed by atoms with Gasteiger partial charge in [-0.05, 0) is 14.6 Å². The summed E-state index contributed by atoms with van der Waals surface area (Å²) in [6.07, 6.45) is 3.49. The Balaban J connectivity index is 2.59. The molecule has 0 aromatic rings. The van der Waals surface area contributed by atoms with Crippen molar-refractivity contribution in [3.05, 3.63) is 23.3 Å². The van der Waals surface area contributed by atoms with Gasteiger partial charge in [0.25, 0.3) is 0 Å². The van der Waals surface area contributed by atoms with E-state index >= 15 is 0 Å². The van der Waals surface area contributed by atoms with Gasteiger partial charge in [-0.2, -0.15) is 0 Å². The molecular formula is C12H13O5P. The highest BCUT2D eigenvalue weighted by Crippen LogP contribution is 2.55. The van der Waals surface area contributed by atoms with E-state index in [9.17, 15) is 14.4 Å². The Bertz CT molecular complexity index is 491. The molecule has 3 aliphatic rings. The fourth-order valence-corrected chi connectivity index (χ4v) is 4.23. The largest absolute Gasteiger partial charge is 0.466 e. The molecular weight excluding hydrogens is 255 g/mol. The minimum atomic E-state index is -0.993. The van der Waals surface area contributed by atoms with E-state index in [4.69, 9.17) is 4.74 Å². The van der Waals surface area contributed by atoms with Crippen molar-refractivity contribution in [2.75, 3.05) is 20.9 Å². The number of fused-ring (bicyclic) bond motifs is 1. The first kappa shape index (κ1) is 13.0. The molecule has 0 fully saturated rings. The number of ether oxygens (including phenoxy) is 2. The van der Waals surface area contributed by atoms with E-state index in [1.807, 2.05) is 12.7 Å². The zero-order valence-electron chi connectivity index (χ0n) is 10.3. The predicted molar refractivity (Wildman–Crippen MR) is 65.3 cm³/mol. The lowest BCUT2D eigenvalue weighted by Crippen LogP contribution is -2.37. The normalized spacial score (nSPS) is 29.5. The van der Waals surface area contributed by atoms with Crippen molar-refractivity contribution in [2.24, 2.45) is 5.92 Å². The van der Waals surface area contributed by atoms with E-state index < -0.39 is 25.8 Å². The average molecular weight is 268 g/mol. The summed E-state index contributed by atoms with van der Waals surface area (Å²) in [5, 5.41) is 0. The van der Waals surface area contributed by atoms with Crippen molar-refractivity contribution in [3.63, 3.8) is 0 Å². The second-order valence-electron chi connectivity index (χ2n) is 4.07. The highest BCUT2D eigenvalue weighted by Gasteiger charge is 2.47. The summed E-state index contributed by atoms with van der Waals surface area (Å²) in [6, 6.07) is 0. The van der Waals surface area contributed by atoms with Crippen LogP contribution in [0.3, 0.4) is 0 Å². The van der Waals surface area contributed by atoms with Crippen molar-refractivity contribution in [1.82, 2.24) is 0 Å². The summed E-state index contributed by atoms with van der Waals surface area (Å²) in [5.74, 6) is -1.85. The van der Waals surface area contributed by atoms with Crippen LogP contribution in [0.4, 0.5) is 0 Å². The molecule has 2 aliphatic heterocycles. The maximum Gasteiger partial charge on any atom is 0.335 e. The van der Waals surface area contributed by atoms with Crippen LogP contribution in [0.5, 0.6) is 0 Å². The van der Waals surface area contributed by atoms with E-state index in [0.29, 0.717) is 0 Å². The lowest BCUT2D eigenvalue weighted by Gasteiger charge is -2.36. The summed E-state index contributed by atoms with van der Waals surface area (Å²) in [6.45, 7) is 1.82. The van der Waals surface area contributed by atoms with Gasteiger partial charge in [0.05, 0.1) is 31.3 Å². The molecule has 3 atom stereocenters. The molecule has 1 aliphatic carbocycles. The van der Waals surface area contributed by atoms with Crippen molar-refractivity contribution in [3.8, 4) is 0 Å². The molecule has 0 aromatic carbocycles. The number of allylic oxidation sites excluding steroid dienone is 2. The molecule has 18 heavy (non-hydrogen) atoms. The number of carbonyl (C=O) groups is 3. The Labute approximate surface area is 106 Å². The highest BCUT2D eigenvalue weighted by molar-refractivity contribution is 7.75. The van der Waals surface area contributed by atoms with Crippen LogP contribution in [0.2, 0.25) is 0 Å². The van der Waals surface area contributed by atoms with Crippen molar-refractivity contribution in [1.29, 1.82) is 0 Å². The first-order chi connectivity index (χ1) is 8.52. The molecule has 0 N–H and O–H groups in total. The Morgan fingerprint density at radius 3 is 2.22 bits per heavy atom. The van der Waals surface area contributed by atoms with E-state index in [2.05, 4.69) is 4.74 Å².